The van der Waals surface area contributed by atoms with E-state index in [1.54, 1.807) is 0 Å². The van der Waals surface area contributed by atoms with Crippen molar-refractivity contribution in [2.45, 2.75) is 31.2 Å². The Morgan fingerprint density at radius 2 is 2.00 bits per heavy atom. The van der Waals surface area contributed by atoms with Gasteiger partial charge in [-0.15, -0.1) is 12.4 Å². The molecule has 0 bridgehead atoms. The van der Waals surface area contributed by atoms with Gasteiger partial charge >= 0.3 is 0 Å². The van der Waals surface area contributed by atoms with E-state index in [1.165, 1.54) is 0 Å². The molecule has 1 saturated carbocycles. The maximum atomic E-state index is 12.3. The Labute approximate surface area is 152 Å². The molecular formula is C19H20ClN3O2. The van der Waals surface area contributed by atoms with Crippen LogP contribution in [0.3, 0.4) is 0 Å². The van der Waals surface area contributed by atoms with Gasteiger partial charge in [0.25, 0.3) is 0 Å². The van der Waals surface area contributed by atoms with Crippen molar-refractivity contribution in [2.24, 2.45) is 5.73 Å². The summed E-state index contributed by atoms with van der Waals surface area (Å²) in [5, 5.41) is 2.86. The molecule has 0 radical (unpaired) electrons. The van der Waals surface area contributed by atoms with Crippen molar-refractivity contribution in [3.05, 3.63) is 60.0 Å². The molecule has 3 aromatic rings. The van der Waals surface area contributed by atoms with Crippen molar-refractivity contribution in [3.63, 3.8) is 0 Å². The number of benzene rings is 2. The van der Waals surface area contributed by atoms with Crippen LogP contribution < -0.4 is 11.1 Å². The molecule has 0 aliphatic heterocycles. The van der Waals surface area contributed by atoms with Gasteiger partial charge in [-0.1, -0.05) is 30.3 Å². The lowest BCUT2D eigenvalue weighted by Gasteiger charge is -2.12. The second kappa shape index (κ2) is 7.25. The Morgan fingerprint density at radius 3 is 2.72 bits per heavy atom. The van der Waals surface area contributed by atoms with Crippen LogP contribution in [0.2, 0.25) is 0 Å². The minimum Gasteiger partial charge on any atom is -0.440 e. The average Bonchev–Trinajstić information content (AvgIpc) is 3.35. The number of hydrogen-bond donors (Lipinski definition) is 2. The highest BCUT2D eigenvalue weighted by Crippen LogP contribution is 2.40. The Bertz CT molecular complexity index is 875. The average molecular weight is 358 g/mol. The highest BCUT2D eigenvalue weighted by Gasteiger charge is 2.28. The maximum Gasteiger partial charge on any atom is 0.241 e. The zero-order valence-electron chi connectivity index (χ0n) is 13.6. The molecule has 5 nitrogen and oxygen atoms in total. The number of amides is 1. The molecule has 25 heavy (non-hydrogen) atoms. The molecule has 130 valence electrons. The van der Waals surface area contributed by atoms with Gasteiger partial charge in [-0.25, -0.2) is 4.98 Å². The molecule has 0 unspecified atom stereocenters. The fourth-order valence-electron chi connectivity index (χ4n) is 2.72. The Balaban J connectivity index is 0.00000182. The number of carbonyl (C=O) groups excluding carboxylic acids is 1. The lowest BCUT2D eigenvalue weighted by Crippen LogP contribution is -2.37. The SMILES string of the molecule is Cl.N[C@@H](Cc1ccccc1)C(=O)Nc1ccc2oc(C3CC3)nc2c1. The van der Waals surface area contributed by atoms with Crippen LogP contribution >= 0.6 is 12.4 Å². The Morgan fingerprint density at radius 1 is 1.24 bits per heavy atom. The predicted octanol–water partition coefficient (Wildman–Crippen LogP) is 3.64. The molecule has 1 amide bonds. The molecule has 3 N–H and O–H groups in total. The van der Waals surface area contributed by atoms with Crippen molar-refractivity contribution in [3.8, 4) is 0 Å². The van der Waals surface area contributed by atoms with Crippen LogP contribution in [0, 0.1) is 0 Å². The van der Waals surface area contributed by atoms with Crippen LogP contribution in [0.4, 0.5) is 5.69 Å². The van der Waals surface area contributed by atoms with Crippen molar-refractivity contribution in [1.82, 2.24) is 4.98 Å². The van der Waals surface area contributed by atoms with Crippen molar-refractivity contribution >= 4 is 35.1 Å². The monoisotopic (exact) mass is 357 g/mol. The Kier molecular flexibility index (Phi) is 5.06. The zero-order chi connectivity index (χ0) is 16.5. The van der Waals surface area contributed by atoms with Crippen LogP contribution in [0.25, 0.3) is 11.1 Å². The highest BCUT2D eigenvalue weighted by atomic mass is 35.5. The Hall–Kier alpha value is -2.37. The summed E-state index contributed by atoms with van der Waals surface area (Å²) in [5.74, 6) is 1.06. The second-order valence-corrected chi connectivity index (χ2v) is 6.29. The number of carbonyl (C=O) groups is 1. The lowest BCUT2D eigenvalue weighted by atomic mass is 10.1. The molecule has 1 fully saturated rings. The summed E-state index contributed by atoms with van der Waals surface area (Å²) in [6.07, 6.45) is 2.79. The van der Waals surface area contributed by atoms with Crippen LogP contribution in [-0.2, 0) is 11.2 Å². The standard InChI is InChI=1S/C19H19N3O2.ClH/c20-15(10-12-4-2-1-3-5-12)18(23)21-14-8-9-17-16(11-14)22-19(24-17)13-6-7-13;/h1-5,8-9,11,13,15H,6-7,10,20H2,(H,21,23);1H/t15-;/m0./s1. The maximum absolute atomic E-state index is 12.3. The summed E-state index contributed by atoms with van der Waals surface area (Å²) >= 11 is 0. The van der Waals surface area contributed by atoms with E-state index in [0.717, 1.165) is 35.4 Å². The third-order valence-corrected chi connectivity index (χ3v) is 4.23. The predicted molar refractivity (Wildman–Crippen MR) is 100.0 cm³/mol. The fourth-order valence-corrected chi connectivity index (χ4v) is 2.72. The van der Waals surface area contributed by atoms with Gasteiger partial charge < -0.3 is 15.5 Å². The van der Waals surface area contributed by atoms with E-state index >= 15 is 0 Å². The lowest BCUT2D eigenvalue weighted by molar-refractivity contribution is -0.117. The van der Waals surface area contributed by atoms with Crippen LogP contribution in [0.1, 0.15) is 30.2 Å². The molecule has 4 rings (SSSR count). The molecule has 1 aromatic heterocycles. The largest absolute Gasteiger partial charge is 0.440 e. The van der Waals surface area contributed by atoms with E-state index in [-0.39, 0.29) is 18.3 Å². The number of nitrogens with two attached hydrogens (primary N) is 1. The minimum atomic E-state index is -0.595. The number of oxazole rings is 1. The van der Waals surface area contributed by atoms with E-state index < -0.39 is 6.04 Å². The first kappa shape index (κ1) is 17.5. The van der Waals surface area contributed by atoms with Gasteiger partial charge in [0.2, 0.25) is 5.91 Å². The van der Waals surface area contributed by atoms with Crippen molar-refractivity contribution < 1.29 is 9.21 Å². The third kappa shape index (κ3) is 4.00. The van der Waals surface area contributed by atoms with Crippen LogP contribution in [0.5, 0.6) is 0 Å². The van der Waals surface area contributed by atoms with Gasteiger partial charge in [-0.05, 0) is 43.0 Å². The van der Waals surface area contributed by atoms with Gasteiger partial charge in [-0.3, -0.25) is 4.79 Å². The number of fused-ring (bicyclic) bond motifs is 1. The third-order valence-electron chi connectivity index (χ3n) is 4.23. The van der Waals surface area contributed by atoms with Gasteiger partial charge in [0.05, 0.1) is 6.04 Å². The zero-order valence-corrected chi connectivity index (χ0v) is 14.5. The smallest absolute Gasteiger partial charge is 0.241 e. The molecule has 1 heterocycles. The number of aromatic nitrogens is 1. The summed E-state index contributed by atoms with van der Waals surface area (Å²) in [5.41, 5.74) is 9.27. The first-order chi connectivity index (χ1) is 11.7. The highest BCUT2D eigenvalue weighted by molar-refractivity contribution is 5.96. The normalized spacial score (nSPS) is 14.8. The van der Waals surface area contributed by atoms with E-state index in [0.29, 0.717) is 18.0 Å². The minimum absolute atomic E-state index is 0. The van der Waals surface area contributed by atoms with E-state index in [1.807, 2.05) is 48.5 Å². The van der Waals surface area contributed by atoms with Gasteiger partial charge in [0.15, 0.2) is 11.5 Å². The topological polar surface area (TPSA) is 81.2 Å². The molecule has 1 atom stereocenters. The molecule has 0 spiro atoms. The van der Waals surface area contributed by atoms with Crippen molar-refractivity contribution in [2.75, 3.05) is 5.32 Å². The van der Waals surface area contributed by atoms with E-state index in [9.17, 15) is 4.79 Å². The quantitative estimate of drug-likeness (QED) is 0.730. The number of rotatable bonds is 5. The number of hydrogen-bond acceptors (Lipinski definition) is 4. The first-order valence-corrected chi connectivity index (χ1v) is 8.20. The number of anilines is 1. The molecule has 1 aliphatic carbocycles. The fraction of sp³-hybridized carbons (Fsp3) is 0.263. The van der Waals surface area contributed by atoms with Gasteiger partial charge in [0, 0.05) is 11.6 Å². The van der Waals surface area contributed by atoms with Crippen molar-refractivity contribution in [1.29, 1.82) is 0 Å². The molecular weight excluding hydrogens is 338 g/mol. The van der Waals surface area contributed by atoms with E-state index in [4.69, 9.17) is 10.2 Å². The summed E-state index contributed by atoms with van der Waals surface area (Å²) in [4.78, 5) is 16.8. The molecule has 0 saturated heterocycles. The second-order valence-electron chi connectivity index (χ2n) is 6.29. The van der Waals surface area contributed by atoms with Crippen LogP contribution in [0.15, 0.2) is 52.9 Å². The number of nitrogens with zero attached hydrogens (tertiary/aromatic N) is 1. The van der Waals surface area contributed by atoms with E-state index in [2.05, 4.69) is 10.3 Å². The number of nitrogens with one attached hydrogen (secondary N) is 1. The molecule has 1 aliphatic rings. The molecule has 2 aromatic carbocycles. The summed E-state index contributed by atoms with van der Waals surface area (Å²) in [7, 11) is 0. The van der Waals surface area contributed by atoms with Gasteiger partial charge in [-0.2, -0.15) is 0 Å². The van der Waals surface area contributed by atoms with Gasteiger partial charge in [0.1, 0.15) is 5.52 Å². The molecule has 6 heteroatoms. The number of halogens is 1. The summed E-state index contributed by atoms with van der Waals surface area (Å²) < 4.78 is 5.73. The summed E-state index contributed by atoms with van der Waals surface area (Å²) in [6.45, 7) is 0. The van der Waals surface area contributed by atoms with Crippen LogP contribution in [-0.4, -0.2) is 16.9 Å². The summed E-state index contributed by atoms with van der Waals surface area (Å²) in [6, 6.07) is 14.6. The first-order valence-electron chi connectivity index (χ1n) is 8.20.